The highest BCUT2D eigenvalue weighted by Crippen LogP contribution is 2.39. The average Bonchev–Trinajstić information content (AvgIpc) is 2.77. The van der Waals surface area contributed by atoms with Crippen molar-refractivity contribution in [2.45, 2.75) is 63.9 Å². The maximum Gasteiger partial charge on any atom is 0.494 e. The van der Waals surface area contributed by atoms with Crippen LogP contribution in [0.25, 0.3) is 0 Å². The fraction of sp³-hybridized carbons (Fsp3) is 0.722. The van der Waals surface area contributed by atoms with E-state index in [-0.39, 0.29) is 29.3 Å². The van der Waals surface area contributed by atoms with Crippen LogP contribution in [0.2, 0.25) is 0 Å². The van der Waals surface area contributed by atoms with Crippen LogP contribution >= 0.6 is 0 Å². The Hall–Kier alpha value is -1.13. The summed E-state index contributed by atoms with van der Waals surface area (Å²) in [6.07, 6.45) is 7.57. The molecule has 2 unspecified atom stereocenters. The third-order valence-electron chi connectivity index (χ3n) is 5.40. The largest absolute Gasteiger partial charge is 0.494 e. The Morgan fingerprint density at radius 2 is 1.79 bits per heavy atom. The first-order chi connectivity index (χ1) is 11.3. The highest BCUT2D eigenvalue weighted by atomic mass is 16.7. The van der Waals surface area contributed by atoms with Gasteiger partial charge in [0.15, 0.2) is 0 Å². The molecule has 2 saturated heterocycles. The first kappa shape index (κ1) is 17.7. The summed E-state index contributed by atoms with van der Waals surface area (Å²) in [6.45, 7) is 9.57. The molecule has 6 heteroatoms. The van der Waals surface area contributed by atoms with Gasteiger partial charge in [-0.2, -0.15) is 5.26 Å². The number of nitriles is 1. The summed E-state index contributed by atoms with van der Waals surface area (Å²) in [6, 6.07) is 2.34. The van der Waals surface area contributed by atoms with E-state index in [9.17, 15) is 5.26 Å². The molecule has 3 aliphatic rings. The number of nitrogens with zero attached hydrogens (tertiary/aromatic N) is 1. The second-order valence-electron chi connectivity index (χ2n) is 7.68. The fourth-order valence-corrected chi connectivity index (χ4v) is 3.09. The van der Waals surface area contributed by atoms with Crippen LogP contribution in [0.4, 0.5) is 0 Å². The number of ether oxygens (including phenoxy) is 2. The lowest BCUT2D eigenvalue weighted by atomic mass is 9.73. The lowest BCUT2D eigenvalue weighted by molar-refractivity contribution is -0.0594. The van der Waals surface area contributed by atoms with Crippen molar-refractivity contribution in [2.75, 3.05) is 13.2 Å². The Labute approximate surface area is 144 Å². The van der Waals surface area contributed by atoms with Gasteiger partial charge in [-0.25, -0.2) is 0 Å². The van der Waals surface area contributed by atoms with Gasteiger partial charge in [0.2, 0.25) is 0 Å². The molecule has 3 rings (SSSR count). The van der Waals surface area contributed by atoms with Crippen molar-refractivity contribution >= 4 is 7.12 Å². The molecule has 0 aromatic carbocycles. The molecule has 0 bridgehead atoms. The summed E-state index contributed by atoms with van der Waals surface area (Å²) in [5.41, 5.74) is 0.125. The van der Waals surface area contributed by atoms with Gasteiger partial charge >= 0.3 is 7.12 Å². The van der Waals surface area contributed by atoms with Gasteiger partial charge in [-0.1, -0.05) is 18.2 Å². The van der Waals surface area contributed by atoms with Crippen molar-refractivity contribution < 1.29 is 18.8 Å². The third kappa shape index (κ3) is 3.45. The molecule has 24 heavy (non-hydrogen) atoms. The molecule has 0 aromatic rings. The number of rotatable bonds is 3. The molecule has 1 aliphatic carbocycles. The number of hydrogen-bond acceptors (Lipinski definition) is 5. The quantitative estimate of drug-likeness (QED) is 0.744. The fourth-order valence-electron chi connectivity index (χ4n) is 3.09. The Morgan fingerprint density at radius 3 is 2.38 bits per heavy atom. The monoisotopic (exact) mass is 331 g/mol. The van der Waals surface area contributed by atoms with E-state index in [1.54, 1.807) is 0 Å². The predicted molar refractivity (Wildman–Crippen MR) is 91.1 cm³/mol. The van der Waals surface area contributed by atoms with Gasteiger partial charge in [-0.15, -0.1) is 0 Å². The minimum Gasteiger partial charge on any atom is -0.399 e. The molecule has 0 spiro atoms. The topological polar surface area (TPSA) is 60.7 Å². The van der Waals surface area contributed by atoms with E-state index < -0.39 is 7.12 Å². The second-order valence-corrected chi connectivity index (χ2v) is 7.68. The van der Waals surface area contributed by atoms with Crippen LogP contribution in [0, 0.1) is 17.2 Å². The van der Waals surface area contributed by atoms with Crippen molar-refractivity contribution in [3.63, 3.8) is 0 Å². The van der Waals surface area contributed by atoms with E-state index in [0.717, 1.165) is 31.5 Å². The molecule has 0 N–H and O–H groups in total. The predicted octanol–water partition coefficient (Wildman–Crippen LogP) is 2.82. The molecule has 130 valence electrons. The van der Waals surface area contributed by atoms with E-state index in [0.29, 0.717) is 0 Å². The van der Waals surface area contributed by atoms with Crippen LogP contribution in [0.3, 0.4) is 0 Å². The number of allylic oxidation sites excluding steroid dienone is 2. The van der Waals surface area contributed by atoms with E-state index in [2.05, 4.69) is 6.07 Å². The zero-order valence-corrected chi connectivity index (χ0v) is 15.0. The Kier molecular flexibility index (Phi) is 4.90. The van der Waals surface area contributed by atoms with Crippen LogP contribution in [0.15, 0.2) is 23.7 Å². The van der Waals surface area contributed by atoms with Crippen molar-refractivity contribution in [2.24, 2.45) is 5.92 Å². The van der Waals surface area contributed by atoms with E-state index in [1.807, 2.05) is 45.9 Å². The molecule has 0 saturated carbocycles. The van der Waals surface area contributed by atoms with Crippen LogP contribution in [0.1, 0.15) is 40.5 Å². The summed E-state index contributed by atoms with van der Waals surface area (Å²) in [7, 11) is -0.439. The Balaban J connectivity index is 1.68. The molecule has 2 fully saturated rings. The molecule has 0 aromatic heterocycles. The van der Waals surface area contributed by atoms with Crippen molar-refractivity contribution in [3.8, 4) is 6.07 Å². The summed E-state index contributed by atoms with van der Waals surface area (Å²) >= 11 is 0. The van der Waals surface area contributed by atoms with Gasteiger partial charge in [0.25, 0.3) is 0 Å². The Bertz CT molecular complexity index is 556. The van der Waals surface area contributed by atoms with Gasteiger partial charge in [0, 0.05) is 13.2 Å². The molecule has 2 heterocycles. The van der Waals surface area contributed by atoms with E-state index in [4.69, 9.17) is 18.8 Å². The zero-order valence-electron chi connectivity index (χ0n) is 15.0. The average molecular weight is 331 g/mol. The maximum atomic E-state index is 9.54. The van der Waals surface area contributed by atoms with Crippen molar-refractivity contribution in [1.29, 1.82) is 5.26 Å². The number of hydrogen-bond donors (Lipinski definition) is 0. The Morgan fingerprint density at radius 1 is 1.17 bits per heavy atom. The lowest BCUT2D eigenvalue weighted by Crippen LogP contribution is -2.41. The highest BCUT2D eigenvalue weighted by Gasteiger charge is 2.52. The van der Waals surface area contributed by atoms with Crippen LogP contribution in [-0.4, -0.2) is 43.7 Å². The smallest absolute Gasteiger partial charge is 0.399 e. The zero-order chi connectivity index (χ0) is 17.4. The first-order valence-electron chi connectivity index (χ1n) is 8.71. The lowest BCUT2D eigenvalue weighted by Gasteiger charge is -2.32. The van der Waals surface area contributed by atoms with Gasteiger partial charge in [0.1, 0.15) is 0 Å². The van der Waals surface area contributed by atoms with Crippen LogP contribution in [-0.2, 0) is 18.8 Å². The summed E-state index contributed by atoms with van der Waals surface area (Å²) in [5.74, 6) is -0.327. The molecule has 5 nitrogen and oxygen atoms in total. The summed E-state index contributed by atoms with van der Waals surface area (Å²) in [4.78, 5) is 0. The normalized spacial score (nSPS) is 32.5. The second kappa shape index (κ2) is 6.64. The maximum absolute atomic E-state index is 9.54. The van der Waals surface area contributed by atoms with Gasteiger partial charge < -0.3 is 18.8 Å². The third-order valence-corrected chi connectivity index (χ3v) is 5.40. The van der Waals surface area contributed by atoms with Crippen LogP contribution < -0.4 is 0 Å². The van der Waals surface area contributed by atoms with E-state index in [1.165, 1.54) is 0 Å². The van der Waals surface area contributed by atoms with Gasteiger partial charge in [0.05, 0.1) is 35.4 Å². The van der Waals surface area contributed by atoms with Crippen molar-refractivity contribution in [1.82, 2.24) is 0 Å². The molecule has 0 radical (unpaired) electrons. The first-order valence-corrected chi connectivity index (χ1v) is 8.71. The molecule has 2 aliphatic heterocycles. The minimum absolute atomic E-state index is 0.163. The molecular formula is C18H26BNO4. The molecular weight excluding hydrogens is 305 g/mol. The molecule has 2 atom stereocenters. The van der Waals surface area contributed by atoms with Gasteiger partial charge in [-0.05, 0) is 46.0 Å². The standard InChI is InChI=1S/C18H26BNO4/c1-17(2)18(3,4)24-19(23-17)14-5-6-16(13(11-14)12-20)22-15-7-9-21-10-8-15/h5-6,11,13,15-16H,7-10H2,1-4H3. The summed E-state index contributed by atoms with van der Waals surface area (Å²) < 4.78 is 23.6. The minimum atomic E-state index is -0.439. The molecule has 0 amide bonds. The van der Waals surface area contributed by atoms with Gasteiger partial charge in [-0.3, -0.25) is 0 Å². The SMILES string of the molecule is CC1(C)OB(C2=CC(C#N)C(OC3CCOCC3)C=C2)OC1(C)C. The highest BCUT2D eigenvalue weighted by molar-refractivity contribution is 6.55. The van der Waals surface area contributed by atoms with E-state index >= 15 is 0 Å². The summed E-state index contributed by atoms with van der Waals surface area (Å²) in [5, 5.41) is 9.54. The van der Waals surface area contributed by atoms with Crippen molar-refractivity contribution in [3.05, 3.63) is 23.7 Å². The van der Waals surface area contributed by atoms with Crippen LogP contribution in [0.5, 0.6) is 0 Å².